The Labute approximate surface area is 198 Å². The Morgan fingerprint density at radius 2 is 1.65 bits per heavy atom. The van der Waals surface area contributed by atoms with Crippen LogP contribution in [-0.2, 0) is 19.1 Å². The Hall–Kier alpha value is -4.25. The summed E-state index contributed by atoms with van der Waals surface area (Å²) in [4.78, 5) is 27.4. The normalized spacial score (nSPS) is 15.8. The minimum absolute atomic E-state index is 0.0141. The Morgan fingerprint density at radius 3 is 2.18 bits per heavy atom. The second-order valence-corrected chi connectivity index (χ2v) is 8.03. The van der Waals surface area contributed by atoms with Crippen molar-refractivity contribution < 1.29 is 23.8 Å². The molecule has 1 aliphatic rings. The highest BCUT2D eigenvalue weighted by atomic mass is 16.5. The van der Waals surface area contributed by atoms with E-state index >= 15 is 0 Å². The van der Waals surface area contributed by atoms with E-state index < -0.39 is 17.9 Å². The SMILES string of the molecule is COC(=O)C1=C(C(=O)OC)N(c2ccc(OCC(C)C)cc2)C(N)=C(C#N)C1c1ccccc1. The predicted octanol–water partition coefficient (Wildman–Crippen LogP) is 3.62. The van der Waals surface area contributed by atoms with E-state index in [1.54, 1.807) is 48.5 Å². The first kappa shape index (κ1) is 24.4. The summed E-state index contributed by atoms with van der Waals surface area (Å²) in [6.07, 6.45) is 0. The number of benzene rings is 2. The molecule has 0 bridgehead atoms. The average Bonchev–Trinajstić information content (AvgIpc) is 2.86. The monoisotopic (exact) mass is 461 g/mol. The van der Waals surface area contributed by atoms with Gasteiger partial charge in [0.05, 0.1) is 44.0 Å². The lowest BCUT2D eigenvalue weighted by molar-refractivity contribution is -0.139. The number of nitrogens with two attached hydrogens (primary N) is 1. The van der Waals surface area contributed by atoms with Gasteiger partial charge in [0.1, 0.15) is 17.3 Å². The molecule has 0 aliphatic carbocycles. The minimum atomic E-state index is -0.905. The number of anilines is 1. The molecular formula is C26H27N3O5. The van der Waals surface area contributed by atoms with E-state index in [0.29, 0.717) is 29.5 Å². The van der Waals surface area contributed by atoms with Crippen molar-refractivity contribution >= 4 is 17.6 Å². The highest BCUT2D eigenvalue weighted by molar-refractivity contribution is 6.06. The third kappa shape index (κ3) is 4.74. The molecule has 2 aromatic rings. The van der Waals surface area contributed by atoms with Gasteiger partial charge in [-0.3, -0.25) is 4.90 Å². The maximum absolute atomic E-state index is 13.0. The zero-order valence-electron chi connectivity index (χ0n) is 19.6. The lowest BCUT2D eigenvalue weighted by atomic mass is 9.81. The van der Waals surface area contributed by atoms with Gasteiger partial charge in [-0.25, -0.2) is 9.59 Å². The van der Waals surface area contributed by atoms with Crippen molar-refractivity contribution in [2.75, 3.05) is 25.7 Å². The Kier molecular flexibility index (Phi) is 7.59. The molecule has 8 nitrogen and oxygen atoms in total. The van der Waals surface area contributed by atoms with Gasteiger partial charge in [0, 0.05) is 5.69 Å². The summed E-state index contributed by atoms with van der Waals surface area (Å²) in [7, 11) is 2.42. The lowest BCUT2D eigenvalue weighted by Gasteiger charge is -2.35. The fraction of sp³-hybridized carbons (Fsp3) is 0.269. The van der Waals surface area contributed by atoms with Crippen LogP contribution in [0.5, 0.6) is 5.75 Å². The van der Waals surface area contributed by atoms with Gasteiger partial charge in [0.25, 0.3) is 0 Å². The number of rotatable bonds is 7. The van der Waals surface area contributed by atoms with Crippen LogP contribution in [0.3, 0.4) is 0 Å². The van der Waals surface area contributed by atoms with Crippen LogP contribution >= 0.6 is 0 Å². The Morgan fingerprint density at radius 1 is 1.03 bits per heavy atom. The number of hydrogen-bond acceptors (Lipinski definition) is 8. The van der Waals surface area contributed by atoms with Crippen molar-refractivity contribution in [2.24, 2.45) is 11.7 Å². The Balaban J connectivity index is 2.24. The van der Waals surface area contributed by atoms with Crippen molar-refractivity contribution in [1.82, 2.24) is 0 Å². The van der Waals surface area contributed by atoms with Gasteiger partial charge in [-0.15, -0.1) is 0 Å². The summed E-state index contributed by atoms with van der Waals surface area (Å²) < 4.78 is 15.8. The number of carbonyl (C=O) groups is 2. The fourth-order valence-corrected chi connectivity index (χ4v) is 3.74. The van der Waals surface area contributed by atoms with Crippen LogP contribution in [0.2, 0.25) is 0 Å². The van der Waals surface area contributed by atoms with Crippen LogP contribution in [0.25, 0.3) is 0 Å². The summed E-state index contributed by atoms with van der Waals surface area (Å²) >= 11 is 0. The van der Waals surface area contributed by atoms with E-state index in [1.165, 1.54) is 19.1 Å². The van der Waals surface area contributed by atoms with Crippen molar-refractivity contribution in [3.05, 3.63) is 82.8 Å². The van der Waals surface area contributed by atoms with Gasteiger partial charge >= 0.3 is 11.9 Å². The largest absolute Gasteiger partial charge is 0.493 e. The zero-order chi connectivity index (χ0) is 24.8. The van der Waals surface area contributed by atoms with Gasteiger partial charge in [-0.2, -0.15) is 5.26 Å². The van der Waals surface area contributed by atoms with Crippen LogP contribution < -0.4 is 15.4 Å². The second kappa shape index (κ2) is 10.6. The molecule has 34 heavy (non-hydrogen) atoms. The van der Waals surface area contributed by atoms with Crippen LogP contribution in [0.4, 0.5) is 5.69 Å². The molecular weight excluding hydrogens is 434 g/mol. The smallest absolute Gasteiger partial charge is 0.355 e. The standard InChI is InChI=1S/C26H27N3O5/c1-16(2)15-34-19-12-10-18(11-13-19)29-23(26(31)33-4)22(25(30)32-3)21(20(14-27)24(29)28)17-8-6-5-7-9-17/h5-13,16,21H,15,28H2,1-4H3. The summed E-state index contributed by atoms with van der Waals surface area (Å²) in [6, 6.07) is 17.8. The van der Waals surface area contributed by atoms with Gasteiger partial charge in [-0.05, 0) is 35.7 Å². The van der Waals surface area contributed by atoms with E-state index in [-0.39, 0.29) is 22.7 Å². The molecule has 1 aliphatic heterocycles. The van der Waals surface area contributed by atoms with Gasteiger partial charge in [0.2, 0.25) is 0 Å². The van der Waals surface area contributed by atoms with E-state index in [9.17, 15) is 14.9 Å². The quantitative estimate of drug-likeness (QED) is 0.622. The average molecular weight is 462 g/mol. The number of ether oxygens (including phenoxy) is 3. The van der Waals surface area contributed by atoms with E-state index in [0.717, 1.165) is 0 Å². The number of nitrogens with zero attached hydrogens (tertiary/aromatic N) is 2. The predicted molar refractivity (Wildman–Crippen MR) is 126 cm³/mol. The first-order valence-electron chi connectivity index (χ1n) is 10.7. The number of carbonyl (C=O) groups excluding carboxylic acids is 2. The third-order valence-electron chi connectivity index (χ3n) is 5.29. The number of methoxy groups -OCH3 is 2. The molecule has 0 spiro atoms. The first-order valence-corrected chi connectivity index (χ1v) is 10.7. The molecule has 176 valence electrons. The van der Waals surface area contributed by atoms with Crippen molar-refractivity contribution in [1.29, 1.82) is 5.26 Å². The molecule has 0 fully saturated rings. The lowest BCUT2D eigenvalue weighted by Crippen LogP contribution is -2.40. The zero-order valence-corrected chi connectivity index (χ0v) is 19.6. The maximum Gasteiger partial charge on any atom is 0.355 e. The maximum atomic E-state index is 13.0. The molecule has 1 atom stereocenters. The summed E-state index contributed by atoms with van der Waals surface area (Å²) in [5.41, 5.74) is 7.50. The van der Waals surface area contributed by atoms with Crippen molar-refractivity contribution in [3.63, 3.8) is 0 Å². The van der Waals surface area contributed by atoms with Crippen molar-refractivity contribution in [2.45, 2.75) is 19.8 Å². The number of hydrogen-bond donors (Lipinski definition) is 1. The molecule has 2 aromatic carbocycles. The molecule has 2 N–H and O–H groups in total. The number of esters is 2. The molecule has 0 radical (unpaired) electrons. The van der Waals surface area contributed by atoms with Gasteiger partial charge in [-0.1, -0.05) is 44.2 Å². The third-order valence-corrected chi connectivity index (χ3v) is 5.29. The van der Waals surface area contributed by atoms with Crippen LogP contribution in [0, 0.1) is 17.2 Å². The van der Waals surface area contributed by atoms with Crippen LogP contribution in [0.15, 0.2) is 77.3 Å². The highest BCUT2D eigenvalue weighted by Gasteiger charge is 2.42. The molecule has 1 heterocycles. The first-order chi connectivity index (χ1) is 16.3. The molecule has 0 aromatic heterocycles. The molecule has 3 rings (SSSR count). The number of allylic oxidation sites excluding steroid dienone is 1. The van der Waals surface area contributed by atoms with Crippen LogP contribution in [-0.4, -0.2) is 32.8 Å². The van der Waals surface area contributed by atoms with Crippen LogP contribution in [0.1, 0.15) is 25.3 Å². The minimum Gasteiger partial charge on any atom is -0.493 e. The van der Waals surface area contributed by atoms with E-state index in [2.05, 4.69) is 6.07 Å². The molecule has 0 saturated heterocycles. The Bertz CT molecular complexity index is 1160. The van der Waals surface area contributed by atoms with Crippen molar-refractivity contribution in [3.8, 4) is 11.8 Å². The molecule has 1 unspecified atom stereocenters. The summed E-state index contributed by atoms with van der Waals surface area (Å²) in [6.45, 7) is 4.63. The van der Waals surface area contributed by atoms with E-state index in [1.807, 2.05) is 19.9 Å². The fourth-order valence-electron chi connectivity index (χ4n) is 3.74. The second-order valence-electron chi connectivity index (χ2n) is 8.03. The molecule has 0 saturated carbocycles. The van der Waals surface area contributed by atoms with Gasteiger partial charge < -0.3 is 19.9 Å². The molecule has 8 heteroatoms. The highest BCUT2D eigenvalue weighted by Crippen LogP contribution is 2.43. The summed E-state index contributed by atoms with van der Waals surface area (Å²) in [5.74, 6) is -1.46. The topological polar surface area (TPSA) is 115 Å². The van der Waals surface area contributed by atoms with E-state index in [4.69, 9.17) is 19.9 Å². The number of nitriles is 1. The summed E-state index contributed by atoms with van der Waals surface area (Å²) in [5, 5.41) is 10.1. The molecule has 0 amide bonds. The van der Waals surface area contributed by atoms with Gasteiger partial charge in [0.15, 0.2) is 0 Å².